The van der Waals surface area contributed by atoms with Gasteiger partial charge in [-0.15, -0.1) is 0 Å². The highest BCUT2D eigenvalue weighted by atomic mass is 35.5. The van der Waals surface area contributed by atoms with Crippen molar-refractivity contribution >= 4 is 52.6 Å². The molecule has 1 aliphatic rings. The van der Waals surface area contributed by atoms with Crippen LogP contribution in [0.25, 0.3) is 0 Å². The summed E-state index contributed by atoms with van der Waals surface area (Å²) in [5.74, 6) is -0.524. The number of benzene rings is 2. The molecule has 0 saturated carbocycles. The van der Waals surface area contributed by atoms with E-state index in [-0.39, 0.29) is 6.03 Å². The van der Waals surface area contributed by atoms with E-state index in [2.05, 4.69) is 16.0 Å². The van der Waals surface area contributed by atoms with Gasteiger partial charge in [0.05, 0.1) is 34.5 Å². The van der Waals surface area contributed by atoms with Gasteiger partial charge in [-0.05, 0) is 43.7 Å². The maximum absolute atomic E-state index is 12.5. The maximum atomic E-state index is 12.5. The lowest BCUT2D eigenvalue weighted by atomic mass is 9.94. The largest absolute Gasteiger partial charge is 0.466 e. The van der Waals surface area contributed by atoms with Crippen molar-refractivity contribution in [3.63, 3.8) is 0 Å². The molecule has 0 aromatic heterocycles. The van der Waals surface area contributed by atoms with Crippen molar-refractivity contribution in [3.05, 3.63) is 69.3 Å². The summed E-state index contributed by atoms with van der Waals surface area (Å²) in [6.45, 7) is 3.94. The van der Waals surface area contributed by atoms with E-state index in [4.69, 9.17) is 27.9 Å². The zero-order valence-corrected chi connectivity index (χ0v) is 19.2. The lowest BCUT2D eigenvalue weighted by Gasteiger charge is -2.34. The molecule has 1 unspecified atom stereocenters. The number of rotatable bonds is 5. The number of ether oxygens (including phenoxy) is 1. The molecule has 3 rings (SSSR count). The van der Waals surface area contributed by atoms with Gasteiger partial charge in [-0.25, -0.2) is 14.4 Å². The molecule has 1 atom stereocenters. The number of carbonyl (C=O) groups excluding carboxylic acids is 3. The third-order valence-corrected chi connectivity index (χ3v) is 5.65. The van der Waals surface area contributed by atoms with Gasteiger partial charge in [0.25, 0.3) is 0 Å². The van der Waals surface area contributed by atoms with Crippen LogP contribution in [0.1, 0.15) is 25.5 Å². The van der Waals surface area contributed by atoms with Crippen LogP contribution in [0.4, 0.5) is 21.0 Å². The van der Waals surface area contributed by atoms with Crippen LogP contribution in [0, 0.1) is 0 Å². The number of para-hydroxylation sites is 1. The first-order valence-corrected chi connectivity index (χ1v) is 10.5. The van der Waals surface area contributed by atoms with E-state index in [1.54, 1.807) is 49.4 Å². The minimum Gasteiger partial charge on any atom is -0.466 e. The molecule has 0 saturated heterocycles. The van der Waals surface area contributed by atoms with E-state index in [9.17, 15) is 14.4 Å². The lowest BCUT2D eigenvalue weighted by Crippen LogP contribution is -2.47. The number of carbonyl (C=O) groups is 3. The summed E-state index contributed by atoms with van der Waals surface area (Å²) < 4.78 is 4.93. The SMILES string of the molecule is CCN1C(=O)NC(c2ccc(NC(=O)Nc3c(Cl)cccc3Cl)cc2)C(C(=O)OC)=C1C. The van der Waals surface area contributed by atoms with Crippen molar-refractivity contribution in [1.82, 2.24) is 10.2 Å². The van der Waals surface area contributed by atoms with Crippen LogP contribution >= 0.6 is 23.2 Å². The average Bonchev–Trinajstić information content (AvgIpc) is 2.76. The van der Waals surface area contributed by atoms with Crippen LogP contribution in [0.15, 0.2) is 53.7 Å². The minimum absolute atomic E-state index is 0.304. The number of anilines is 2. The van der Waals surface area contributed by atoms with E-state index in [0.29, 0.717) is 44.8 Å². The molecule has 0 radical (unpaired) electrons. The first-order valence-electron chi connectivity index (χ1n) is 9.75. The minimum atomic E-state index is -0.678. The number of hydrogen-bond acceptors (Lipinski definition) is 4. The van der Waals surface area contributed by atoms with Gasteiger partial charge in [0.1, 0.15) is 0 Å². The standard InChI is InChI=1S/C22H22Cl2N4O4/c1-4-28-12(2)17(20(29)32-3)18(27-22(28)31)13-8-10-14(11-9-13)25-21(30)26-19-15(23)6-5-7-16(19)24/h5-11,18H,4H2,1-3H3,(H,27,31)(H2,25,26,30). The average molecular weight is 477 g/mol. The molecular formula is C22H22Cl2N4O4. The molecule has 0 spiro atoms. The monoisotopic (exact) mass is 476 g/mol. The predicted octanol–water partition coefficient (Wildman–Crippen LogP) is 5.17. The molecule has 4 amide bonds. The van der Waals surface area contributed by atoms with Crippen LogP contribution in [0.5, 0.6) is 0 Å². The van der Waals surface area contributed by atoms with E-state index in [1.165, 1.54) is 12.0 Å². The smallest absolute Gasteiger partial charge is 0.337 e. The first kappa shape index (κ1) is 23.4. The number of methoxy groups -OCH3 is 1. The van der Waals surface area contributed by atoms with Gasteiger partial charge in [-0.2, -0.15) is 0 Å². The van der Waals surface area contributed by atoms with Gasteiger partial charge in [0.15, 0.2) is 0 Å². The fraction of sp³-hybridized carbons (Fsp3) is 0.227. The molecule has 1 heterocycles. The van der Waals surface area contributed by atoms with Crippen molar-refractivity contribution in [1.29, 1.82) is 0 Å². The summed E-state index contributed by atoms with van der Waals surface area (Å²) in [7, 11) is 1.29. The number of urea groups is 2. The Labute approximate surface area is 195 Å². The number of allylic oxidation sites excluding steroid dienone is 1. The molecule has 168 valence electrons. The maximum Gasteiger partial charge on any atom is 0.337 e. The molecule has 0 fully saturated rings. The summed E-state index contributed by atoms with van der Waals surface area (Å²) in [6, 6.07) is 10.1. The van der Waals surface area contributed by atoms with E-state index < -0.39 is 18.0 Å². The molecule has 0 bridgehead atoms. The predicted molar refractivity (Wildman–Crippen MR) is 124 cm³/mol. The molecule has 0 aliphatic carbocycles. The van der Waals surface area contributed by atoms with E-state index in [1.807, 2.05) is 6.92 Å². The van der Waals surface area contributed by atoms with Crippen LogP contribution in [0.2, 0.25) is 10.0 Å². The van der Waals surface area contributed by atoms with Gasteiger partial charge in [0, 0.05) is 17.9 Å². The lowest BCUT2D eigenvalue weighted by molar-refractivity contribution is -0.136. The molecule has 8 nitrogen and oxygen atoms in total. The highest BCUT2D eigenvalue weighted by Gasteiger charge is 2.35. The van der Waals surface area contributed by atoms with Gasteiger partial charge in [-0.1, -0.05) is 41.4 Å². The third kappa shape index (κ3) is 4.81. The highest BCUT2D eigenvalue weighted by molar-refractivity contribution is 6.39. The second-order valence-corrected chi connectivity index (χ2v) is 7.73. The van der Waals surface area contributed by atoms with Gasteiger partial charge in [-0.3, -0.25) is 4.90 Å². The number of nitrogens with zero attached hydrogens (tertiary/aromatic N) is 1. The highest BCUT2D eigenvalue weighted by Crippen LogP contribution is 2.32. The van der Waals surface area contributed by atoms with Gasteiger partial charge < -0.3 is 20.7 Å². The summed E-state index contributed by atoms with van der Waals surface area (Å²) in [5.41, 5.74) is 2.34. The molecule has 10 heteroatoms. The number of esters is 1. The number of nitrogens with one attached hydrogen (secondary N) is 3. The second kappa shape index (κ2) is 9.93. The van der Waals surface area contributed by atoms with Gasteiger partial charge >= 0.3 is 18.0 Å². The Hall–Kier alpha value is -3.23. The molecular weight excluding hydrogens is 455 g/mol. The molecule has 3 N–H and O–H groups in total. The number of halogens is 2. The van der Waals surface area contributed by atoms with Crippen molar-refractivity contribution in [2.75, 3.05) is 24.3 Å². The Bertz CT molecular complexity index is 1070. The van der Waals surface area contributed by atoms with Crippen LogP contribution in [-0.4, -0.2) is 36.6 Å². The van der Waals surface area contributed by atoms with Crippen molar-refractivity contribution in [2.45, 2.75) is 19.9 Å². The third-order valence-electron chi connectivity index (χ3n) is 5.02. The molecule has 32 heavy (non-hydrogen) atoms. The summed E-state index contributed by atoms with van der Waals surface area (Å²) >= 11 is 12.1. The Morgan fingerprint density at radius 1 is 1.09 bits per heavy atom. The van der Waals surface area contributed by atoms with Crippen molar-refractivity contribution < 1.29 is 19.1 Å². The van der Waals surface area contributed by atoms with Crippen LogP contribution in [0.3, 0.4) is 0 Å². The number of hydrogen-bond donors (Lipinski definition) is 3. The van der Waals surface area contributed by atoms with Crippen molar-refractivity contribution in [2.24, 2.45) is 0 Å². The zero-order chi connectivity index (χ0) is 23.4. The van der Waals surface area contributed by atoms with Crippen LogP contribution < -0.4 is 16.0 Å². The summed E-state index contributed by atoms with van der Waals surface area (Å²) in [5, 5.41) is 8.76. The Balaban J connectivity index is 1.80. The van der Waals surface area contributed by atoms with Crippen molar-refractivity contribution in [3.8, 4) is 0 Å². The fourth-order valence-electron chi connectivity index (χ4n) is 3.44. The quantitative estimate of drug-likeness (QED) is 0.518. The zero-order valence-electron chi connectivity index (χ0n) is 17.7. The van der Waals surface area contributed by atoms with E-state index in [0.717, 1.165) is 0 Å². The fourth-order valence-corrected chi connectivity index (χ4v) is 3.93. The van der Waals surface area contributed by atoms with E-state index >= 15 is 0 Å². The topological polar surface area (TPSA) is 99.8 Å². The molecule has 1 aliphatic heterocycles. The molecule has 2 aromatic rings. The Morgan fingerprint density at radius 2 is 1.72 bits per heavy atom. The first-order chi connectivity index (χ1) is 15.3. The normalized spacial score (nSPS) is 15.8. The van der Waals surface area contributed by atoms with Crippen LogP contribution in [-0.2, 0) is 9.53 Å². The summed E-state index contributed by atoms with van der Waals surface area (Å²) in [4.78, 5) is 38.7. The Kier molecular flexibility index (Phi) is 7.27. The summed E-state index contributed by atoms with van der Waals surface area (Å²) in [6.07, 6.45) is 0. The number of amides is 4. The molecule has 2 aromatic carbocycles. The Morgan fingerprint density at radius 3 is 2.28 bits per heavy atom. The van der Waals surface area contributed by atoms with Gasteiger partial charge in [0.2, 0.25) is 0 Å². The second-order valence-electron chi connectivity index (χ2n) is 6.92.